The molecule has 1 N–H and O–H groups in total. The standard InChI is InChI=1S/C7H16N2O/c1-4-9(3)7(10)5-6-8-2/h8H,4-6H2,1-3H3. The van der Waals surface area contributed by atoms with E-state index >= 15 is 0 Å². The number of hydrogen-bond acceptors (Lipinski definition) is 2. The molecule has 0 aromatic carbocycles. The Morgan fingerprint density at radius 3 is 2.60 bits per heavy atom. The maximum absolute atomic E-state index is 11.0. The molecule has 0 aliphatic heterocycles. The van der Waals surface area contributed by atoms with E-state index in [1.54, 1.807) is 4.90 Å². The molecule has 0 spiro atoms. The highest BCUT2D eigenvalue weighted by atomic mass is 16.2. The van der Waals surface area contributed by atoms with Crippen molar-refractivity contribution in [3.63, 3.8) is 0 Å². The Morgan fingerprint density at radius 2 is 2.20 bits per heavy atom. The molecule has 0 fully saturated rings. The van der Waals surface area contributed by atoms with Gasteiger partial charge in [-0.1, -0.05) is 0 Å². The van der Waals surface area contributed by atoms with Gasteiger partial charge in [0.25, 0.3) is 0 Å². The number of nitrogens with one attached hydrogen (secondary N) is 1. The Hall–Kier alpha value is -0.570. The summed E-state index contributed by atoms with van der Waals surface area (Å²) in [7, 11) is 3.66. The largest absolute Gasteiger partial charge is 0.346 e. The number of rotatable bonds is 4. The Morgan fingerprint density at radius 1 is 1.60 bits per heavy atom. The molecule has 0 aromatic heterocycles. The summed E-state index contributed by atoms with van der Waals surface area (Å²) in [5.41, 5.74) is 0. The molecule has 0 atom stereocenters. The number of amides is 1. The Bertz CT molecular complexity index is 104. The van der Waals surface area contributed by atoms with Crippen molar-refractivity contribution in [3.05, 3.63) is 0 Å². The summed E-state index contributed by atoms with van der Waals surface area (Å²) < 4.78 is 0. The van der Waals surface area contributed by atoms with Crippen LogP contribution in [0.15, 0.2) is 0 Å². The van der Waals surface area contributed by atoms with Gasteiger partial charge in [-0.25, -0.2) is 0 Å². The van der Waals surface area contributed by atoms with Gasteiger partial charge >= 0.3 is 0 Å². The van der Waals surface area contributed by atoms with Crippen LogP contribution in [0.4, 0.5) is 0 Å². The maximum Gasteiger partial charge on any atom is 0.223 e. The molecule has 3 nitrogen and oxygen atoms in total. The third-order valence-electron chi connectivity index (χ3n) is 1.49. The van der Waals surface area contributed by atoms with Crippen molar-refractivity contribution >= 4 is 5.91 Å². The summed E-state index contributed by atoms with van der Waals surface area (Å²) in [6, 6.07) is 0. The van der Waals surface area contributed by atoms with Crippen LogP contribution >= 0.6 is 0 Å². The Kier molecular flexibility index (Phi) is 4.94. The van der Waals surface area contributed by atoms with Crippen LogP contribution in [0.2, 0.25) is 0 Å². The fourth-order valence-corrected chi connectivity index (χ4v) is 0.599. The second-order valence-electron chi connectivity index (χ2n) is 2.26. The van der Waals surface area contributed by atoms with E-state index in [0.717, 1.165) is 13.1 Å². The Labute approximate surface area is 62.4 Å². The summed E-state index contributed by atoms with van der Waals surface area (Å²) in [5, 5.41) is 2.93. The lowest BCUT2D eigenvalue weighted by Gasteiger charge is -2.13. The molecule has 0 heterocycles. The van der Waals surface area contributed by atoms with Gasteiger partial charge in [-0.3, -0.25) is 4.79 Å². The van der Waals surface area contributed by atoms with E-state index in [9.17, 15) is 4.79 Å². The summed E-state index contributed by atoms with van der Waals surface area (Å²) in [6.07, 6.45) is 0.598. The predicted molar refractivity (Wildman–Crippen MR) is 41.9 cm³/mol. The van der Waals surface area contributed by atoms with Gasteiger partial charge in [0.1, 0.15) is 0 Å². The minimum Gasteiger partial charge on any atom is -0.346 e. The molecule has 0 radical (unpaired) electrons. The van der Waals surface area contributed by atoms with Crippen LogP contribution in [0.1, 0.15) is 13.3 Å². The quantitative estimate of drug-likeness (QED) is 0.605. The van der Waals surface area contributed by atoms with E-state index in [1.807, 2.05) is 21.0 Å². The second-order valence-corrected chi connectivity index (χ2v) is 2.26. The van der Waals surface area contributed by atoms with Crippen molar-refractivity contribution in [2.45, 2.75) is 13.3 Å². The van der Waals surface area contributed by atoms with Crippen molar-refractivity contribution < 1.29 is 4.79 Å². The molecule has 0 rings (SSSR count). The van der Waals surface area contributed by atoms with Crippen LogP contribution in [0.5, 0.6) is 0 Å². The van der Waals surface area contributed by atoms with Crippen molar-refractivity contribution in [2.75, 3.05) is 27.2 Å². The fraction of sp³-hybridized carbons (Fsp3) is 0.857. The highest BCUT2D eigenvalue weighted by Gasteiger charge is 2.03. The first-order chi connectivity index (χ1) is 4.72. The van der Waals surface area contributed by atoms with Crippen LogP contribution in [0.25, 0.3) is 0 Å². The van der Waals surface area contributed by atoms with Crippen molar-refractivity contribution in [3.8, 4) is 0 Å². The van der Waals surface area contributed by atoms with Gasteiger partial charge in [0.2, 0.25) is 5.91 Å². The molecule has 0 aliphatic rings. The van der Waals surface area contributed by atoms with E-state index in [0.29, 0.717) is 6.42 Å². The SMILES string of the molecule is CCN(C)C(=O)CCNC. The molecular formula is C7H16N2O. The minimum absolute atomic E-state index is 0.205. The monoisotopic (exact) mass is 144 g/mol. The van der Waals surface area contributed by atoms with Crippen molar-refractivity contribution in [2.24, 2.45) is 0 Å². The molecule has 3 heteroatoms. The molecule has 0 aliphatic carbocycles. The van der Waals surface area contributed by atoms with Gasteiger partial charge in [-0.15, -0.1) is 0 Å². The molecule has 1 amide bonds. The molecule has 0 aromatic rings. The van der Waals surface area contributed by atoms with Crippen molar-refractivity contribution in [1.29, 1.82) is 0 Å². The first kappa shape index (κ1) is 9.43. The van der Waals surface area contributed by atoms with E-state index in [2.05, 4.69) is 5.32 Å². The third-order valence-corrected chi connectivity index (χ3v) is 1.49. The molecule has 0 bridgehead atoms. The second kappa shape index (κ2) is 5.23. The highest BCUT2D eigenvalue weighted by molar-refractivity contribution is 5.75. The summed E-state index contributed by atoms with van der Waals surface area (Å²) >= 11 is 0. The number of carbonyl (C=O) groups is 1. The lowest BCUT2D eigenvalue weighted by molar-refractivity contribution is -0.129. The zero-order valence-corrected chi connectivity index (χ0v) is 6.98. The lowest BCUT2D eigenvalue weighted by atomic mass is 10.4. The fourth-order valence-electron chi connectivity index (χ4n) is 0.599. The number of carbonyl (C=O) groups excluding carboxylic acids is 1. The van der Waals surface area contributed by atoms with Crippen LogP contribution in [0.3, 0.4) is 0 Å². The normalized spacial score (nSPS) is 9.50. The molecule has 0 unspecified atom stereocenters. The first-order valence-electron chi connectivity index (χ1n) is 3.61. The topological polar surface area (TPSA) is 32.3 Å². The van der Waals surface area contributed by atoms with Gasteiger partial charge in [0.15, 0.2) is 0 Å². The molecular weight excluding hydrogens is 128 g/mol. The van der Waals surface area contributed by atoms with Crippen LogP contribution in [-0.2, 0) is 4.79 Å². The predicted octanol–water partition coefficient (Wildman–Crippen LogP) is 0.0742. The van der Waals surface area contributed by atoms with E-state index in [1.165, 1.54) is 0 Å². The van der Waals surface area contributed by atoms with E-state index in [4.69, 9.17) is 0 Å². The van der Waals surface area contributed by atoms with E-state index < -0.39 is 0 Å². The van der Waals surface area contributed by atoms with Gasteiger partial charge in [-0.2, -0.15) is 0 Å². The Balaban J connectivity index is 3.42. The molecule has 10 heavy (non-hydrogen) atoms. The summed E-state index contributed by atoms with van der Waals surface area (Å²) in [5.74, 6) is 0.205. The van der Waals surface area contributed by atoms with Gasteiger partial charge in [0.05, 0.1) is 0 Å². The highest BCUT2D eigenvalue weighted by Crippen LogP contribution is 1.87. The van der Waals surface area contributed by atoms with Crippen LogP contribution in [-0.4, -0.2) is 38.0 Å². The minimum atomic E-state index is 0.205. The number of hydrogen-bond donors (Lipinski definition) is 1. The first-order valence-corrected chi connectivity index (χ1v) is 3.61. The third kappa shape index (κ3) is 3.45. The molecule has 0 saturated heterocycles. The smallest absolute Gasteiger partial charge is 0.223 e. The van der Waals surface area contributed by atoms with Gasteiger partial charge in [0, 0.05) is 26.6 Å². The van der Waals surface area contributed by atoms with Crippen molar-refractivity contribution in [1.82, 2.24) is 10.2 Å². The average molecular weight is 144 g/mol. The van der Waals surface area contributed by atoms with E-state index in [-0.39, 0.29) is 5.91 Å². The zero-order valence-electron chi connectivity index (χ0n) is 6.98. The molecule has 60 valence electrons. The zero-order chi connectivity index (χ0) is 7.98. The summed E-state index contributed by atoms with van der Waals surface area (Å²) in [6.45, 7) is 3.53. The number of nitrogens with zero attached hydrogens (tertiary/aromatic N) is 1. The average Bonchev–Trinajstić information content (AvgIpc) is 1.98. The summed E-state index contributed by atoms with van der Waals surface area (Å²) in [4.78, 5) is 12.7. The van der Waals surface area contributed by atoms with Crippen LogP contribution in [0, 0.1) is 0 Å². The molecule has 0 saturated carbocycles. The maximum atomic E-state index is 11.0. The van der Waals surface area contributed by atoms with Gasteiger partial charge < -0.3 is 10.2 Å². The van der Waals surface area contributed by atoms with Crippen LogP contribution < -0.4 is 5.32 Å². The lowest BCUT2D eigenvalue weighted by Crippen LogP contribution is -2.28. The van der Waals surface area contributed by atoms with Gasteiger partial charge in [-0.05, 0) is 14.0 Å².